The number of carbonyl (C=O) groups is 1. The molecule has 0 aliphatic carbocycles. The summed E-state index contributed by atoms with van der Waals surface area (Å²) in [6.45, 7) is 5.65. The summed E-state index contributed by atoms with van der Waals surface area (Å²) in [6.07, 6.45) is 0.452. The van der Waals surface area contributed by atoms with Crippen LogP contribution in [0.1, 0.15) is 28.5 Å². The maximum absolute atomic E-state index is 13.1. The maximum Gasteiger partial charge on any atom is 0.342 e. The Kier molecular flexibility index (Phi) is 5.52. The Morgan fingerprint density at radius 3 is 2.48 bits per heavy atom. The fourth-order valence-corrected chi connectivity index (χ4v) is 4.84. The fourth-order valence-electron chi connectivity index (χ4n) is 3.32. The van der Waals surface area contributed by atoms with Crippen molar-refractivity contribution in [3.8, 4) is 0 Å². The van der Waals surface area contributed by atoms with E-state index < -0.39 is 16.0 Å². The summed E-state index contributed by atoms with van der Waals surface area (Å²) in [6, 6.07) is 8.04. The van der Waals surface area contributed by atoms with Gasteiger partial charge in [-0.2, -0.15) is 9.40 Å². The number of anilines is 1. The van der Waals surface area contributed by atoms with Gasteiger partial charge in [-0.15, -0.1) is 0 Å². The van der Waals surface area contributed by atoms with E-state index in [2.05, 4.69) is 15.1 Å². The lowest BCUT2D eigenvalue weighted by atomic mass is 10.1. The number of sulfonamides is 1. The van der Waals surface area contributed by atoms with Crippen molar-refractivity contribution in [2.45, 2.75) is 25.3 Å². The quantitative estimate of drug-likeness (QED) is 0.776. The number of aromatic nitrogens is 2. The highest BCUT2D eigenvalue weighted by Crippen LogP contribution is 2.25. The normalized spacial score (nSPS) is 15.7. The van der Waals surface area contributed by atoms with E-state index in [1.54, 1.807) is 0 Å². The van der Waals surface area contributed by atoms with Crippen LogP contribution >= 0.6 is 0 Å². The van der Waals surface area contributed by atoms with Gasteiger partial charge in [0.1, 0.15) is 5.56 Å². The molecular weight excluding hydrogens is 368 g/mol. The van der Waals surface area contributed by atoms with Crippen molar-refractivity contribution < 1.29 is 17.9 Å². The van der Waals surface area contributed by atoms with Crippen molar-refractivity contribution in [3.63, 3.8) is 0 Å². The van der Waals surface area contributed by atoms with Crippen LogP contribution in [0, 0.1) is 6.92 Å². The highest BCUT2D eigenvalue weighted by molar-refractivity contribution is 7.89. The highest BCUT2D eigenvalue weighted by atomic mass is 32.2. The zero-order valence-electron chi connectivity index (χ0n) is 15.7. The molecule has 0 unspecified atom stereocenters. The Bertz CT molecular complexity index is 931. The van der Waals surface area contributed by atoms with Crippen LogP contribution in [0.15, 0.2) is 29.3 Å². The summed E-state index contributed by atoms with van der Waals surface area (Å²) in [5.41, 5.74) is 2.72. The highest BCUT2D eigenvalue weighted by Gasteiger charge is 2.36. The number of nitrogens with one attached hydrogen (secondary N) is 1. The maximum atomic E-state index is 13.1. The summed E-state index contributed by atoms with van der Waals surface area (Å²) in [4.78, 5) is 14.3. The summed E-state index contributed by atoms with van der Waals surface area (Å²) in [5, 5.41) is 6.33. The molecule has 2 heterocycles. The number of methoxy groups -OCH3 is 1. The average molecular weight is 392 g/mol. The first-order valence-electron chi connectivity index (χ1n) is 8.86. The number of esters is 1. The fraction of sp³-hybridized carbons (Fsp3) is 0.444. The molecule has 0 bridgehead atoms. The van der Waals surface area contributed by atoms with Gasteiger partial charge in [0, 0.05) is 31.9 Å². The van der Waals surface area contributed by atoms with Crippen molar-refractivity contribution in [3.05, 3.63) is 41.1 Å². The number of ether oxygens (including phenoxy) is 1. The Morgan fingerprint density at radius 1 is 1.22 bits per heavy atom. The average Bonchev–Trinajstić information content (AvgIpc) is 3.13. The smallest absolute Gasteiger partial charge is 0.342 e. The number of para-hydroxylation sites is 1. The molecule has 1 aromatic carbocycles. The summed E-state index contributed by atoms with van der Waals surface area (Å²) < 4.78 is 32.3. The third kappa shape index (κ3) is 3.57. The predicted octanol–water partition coefficient (Wildman–Crippen LogP) is 1.58. The van der Waals surface area contributed by atoms with Crippen LogP contribution in [0.25, 0.3) is 0 Å². The number of benzene rings is 1. The Morgan fingerprint density at radius 2 is 1.89 bits per heavy atom. The molecule has 1 saturated heterocycles. The number of hydrogen-bond acceptors (Lipinski definition) is 6. The van der Waals surface area contributed by atoms with Gasteiger partial charge in [-0.25, -0.2) is 13.2 Å². The van der Waals surface area contributed by atoms with Gasteiger partial charge in [0.05, 0.1) is 12.8 Å². The lowest BCUT2D eigenvalue weighted by molar-refractivity contribution is 0.0595. The monoisotopic (exact) mass is 392 g/mol. The minimum atomic E-state index is -3.89. The molecule has 8 nitrogen and oxygen atoms in total. The second-order valence-corrected chi connectivity index (χ2v) is 8.26. The number of aryl methyl sites for hydroxylation is 2. The van der Waals surface area contributed by atoms with E-state index >= 15 is 0 Å². The first kappa shape index (κ1) is 19.4. The van der Waals surface area contributed by atoms with Crippen LogP contribution in [0.2, 0.25) is 0 Å². The number of H-pyrrole nitrogens is 1. The van der Waals surface area contributed by atoms with E-state index in [0.717, 1.165) is 11.3 Å². The van der Waals surface area contributed by atoms with Crippen LogP contribution in [-0.4, -0.2) is 62.2 Å². The van der Waals surface area contributed by atoms with Gasteiger partial charge in [-0.05, 0) is 25.0 Å². The van der Waals surface area contributed by atoms with Gasteiger partial charge < -0.3 is 9.64 Å². The molecule has 1 N–H and O–H groups in total. The second kappa shape index (κ2) is 7.69. The molecule has 2 aromatic rings. The van der Waals surface area contributed by atoms with Crippen LogP contribution in [-0.2, 0) is 21.2 Å². The van der Waals surface area contributed by atoms with Crippen molar-refractivity contribution >= 4 is 21.7 Å². The third-order valence-electron chi connectivity index (χ3n) is 4.83. The standard InChI is InChI=1S/C18H24N4O4S/c1-4-14-16(18(23)26-3)17(20-19-14)27(24,25)22-11-9-21(10-12-22)15-8-6-5-7-13(15)2/h5-8H,4,9-12H2,1-3H3,(H,19,20). The van der Waals surface area contributed by atoms with Gasteiger partial charge in [0.15, 0.2) is 0 Å². The van der Waals surface area contributed by atoms with Gasteiger partial charge in [0.2, 0.25) is 5.03 Å². The van der Waals surface area contributed by atoms with Gasteiger partial charge in [0.25, 0.3) is 10.0 Å². The number of aromatic amines is 1. The zero-order valence-corrected chi connectivity index (χ0v) is 16.5. The van der Waals surface area contributed by atoms with Gasteiger partial charge in [-0.1, -0.05) is 25.1 Å². The van der Waals surface area contributed by atoms with E-state index in [0.29, 0.717) is 38.3 Å². The molecule has 0 spiro atoms. The number of hydrogen-bond donors (Lipinski definition) is 1. The first-order chi connectivity index (χ1) is 12.9. The minimum Gasteiger partial charge on any atom is -0.465 e. The lowest BCUT2D eigenvalue weighted by Crippen LogP contribution is -2.49. The van der Waals surface area contributed by atoms with Gasteiger partial charge in [-0.3, -0.25) is 5.10 Å². The molecule has 0 amide bonds. The molecule has 0 saturated carbocycles. The Hall–Kier alpha value is -2.39. The van der Waals surface area contributed by atoms with Crippen LogP contribution in [0.3, 0.4) is 0 Å². The minimum absolute atomic E-state index is 0.00123. The molecule has 9 heteroatoms. The Labute approximate surface area is 159 Å². The van der Waals surface area contributed by atoms with Crippen LogP contribution in [0.5, 0.6) is 0 Å². The molecule has 1 aliphatic heterocycles. The molecule has 27 heavy (non-hydrogen) atoms. The SMILES string of the molecule is CCc1[nH]nc(S(=O)(=O)N2CCN(c3ccccc3C)CC2)c1C(=O)OC. The number of carbonyl (C=O) groups excluding carboxylic acids is 1. The van der Waals surface area contributed by atoms with E-state index in [4.69, 9.17) is 4.74 Å². The number of piperazine rings is 1. The number of rotatable bonds is 5. The summed E-state index contributed by atoms with van der Waals surface area (Å²) in [7, 11) is -2.66. The topological polar surface area (TPSA) is 95.6 Å². The molecule has 0 atom stereocenters. The summed E-state index contributed by atoms with van der Waals surface area (Å²) >= 11 is 0. The van der Waals surface area contributed by atoms with Crippen molar-refractivity contribution in [2.75, 3.05) is 38.2 Å². The van der Waals surface area contributed by atoms with Gasteiger partial charge >= 0.3 is 5.97 Å². The molecule has 1 aromatic heterocycles. The Balaban J connectivity index is 1.83. The largest absolute Gasteiger partial charge is 0.465 e. The number of nitrogens with zero attached hydrogens (tertiary/aromatic N) is 3. The summed E-state index contributed by atoms with van der Waals surface area (Å²) in [5.74, 6) is -0.697. The zero-order chi connectivity index (χ0) is 19.6. The van der Waals surface area contributed by atoms with E-state index in [1.165, 1.54) is 11.4 Å². The van der Waals surface area contributed by atoms with E-state index in [-0.39, 0.29) is 10.6 Å². The van der Waals surface area contributed by atoms with Crippen molar-refractivity contribution in [1.29, 1.82) is 0 Å². The third-order valence-corrected chi connectivity index (χ3v) is 6.66. The molecular formula is C18H24N4O4S. The van der Waals surface area contributed by atoms with Crippen molar-refractivity contribution in [1.82, 2.24) is 14.5 Å². The molecule has 1 aliphatic rings. The van der Waals surface area contributed by atoms with Crippen LogP contribution < -0.4 is 4.90 Å². The molecule has 0 radical (unpaired) electrons. The van der Waals surface area contributed by atoms with E-state index in [9.17, 15) is 13.2 Å². The first-order valence-corrected chi connectivity index (χ1v) is 10.3. The predicted molar refractivity (Wildman–Crippen MR) is 101 cm³/mol. The molecule has 146 valence electrons. The van der Waals surface area contributed by atoms with Crippen LogP contribution in [0.4, 0.5) is 5.69 Å². The lowest BCUT2D eigenvalue weighted by Gasteiger charge is -2.35. The molecule has 3 rings (SSSR count). The van der Waals surface area contributed by atoms with Crippen molar-refractivity contribution in [2.24, 2.45) is 0 Å². The van der Waals surface area contributed by atoms with E-state index in [1.807, 2.05) is 38.1 Å². The molecule has 1 fully saturated rings. The second-order valence-electron chi connectivity index (χ2n) is 6.41.